The van der Waals surface area contributed by atoms with E-state index in [0.29, 0.717) is 11.5 Å². The summed E-state index contributed by atoms with van der Waals surface area (Å²) in [6, 6.07) is 0. The van der Waals surface area contributed by atoms with Gasteiger partial charge in [-0.15, -0.1) is 0 Å². The van der Waals surface area contributed by atoms with E-state index >= 15 is 0 Å². The highest BCUT2D eigenvalue weighted by molar-refractivity contribution is 8.03. The summed E-state index contributed by atoms with van der Waals surface area (Å²) in [6.45, 7) is 0.108. The zero-order valence-electron chi connectivity index (χ0n) is 8.00. The van der Waals surface area contributed by atoms with Crippen LogP contribution < -0.4 is 0 Å². The zero-order chi connectivity index (χ0) is 10.8. The SMILES string of the molecule is OCCSC(CO)C(CO)SCCO. The third kappa shape index (κ3) is 6.10. The van der Waals surface area contributed by atoms with Gasteiger partial charge in [0.05, 0.1) is 26.4 Å². The Morgan fingerprint density at radius 1 is 0.714 bits per heavy atom. The molecule has 0 aromatic carbocycles. The van der Waals surface area contributed by atoms with Crippen molar-refractivity contribution in [3.63, 3.8) is 0 Å². The van der Waals surface area contributed by atoms with E-state index < -0.39 is 0 Å². The van der Waals surface area contributed by atoms with Crippen LogP contribution in [0.3, 0.4) is 0 Å². The van der Waals surface area contributed by atoms with Crippen molar-refractivity contribution in [1.82, 2.24) is 0 Å². The van der Waals surface area contributed by atoms with Gasteiger partial charge < -0.3 is 20.4 Å². The molecule has 0 aliphatic carbocycles. The third-order valence-corrected chi connectivity index (χ3v) is 4.44. The van der Waals surface area contributed by atoms with Crippen molar-refractivity contribution in [3.05, 3.63) is 0 Å². The summed E-state index contributed by atoms with van der Waals surface area (Å²) < 4.78 is 0. The average molecular weight is 242 g/mol. The van der Waals surface area contributed by atoms with Gasteiger partial charge in [-0.2, -0.15) is 23.5 Å². The van der Waals surface area contributed by atoms with Crippen LogP contribution in [0.4, 0.5) is 0 Å². The van der Waals surface area contributed by atoms with Crippen molar-refractivity contribution >= 4 is 23.5 Å². The van der Waals surface area contributed by atoms with E-state index in [1.165, 1.54) is 23.5 Å². The van der Waals surface area contributed by atoms with Crippen molar-refractivity contribution in [1.29, 1.82) is 0 Å². The first-order chi connectivity index (χ1) is 6.79. The van der Waals surface area contributed by atoms with Gasteiger partial charge in [-0.3, -0.25) is 0 Å². The number of aliphatic hydroxyl groups is 4. The summed E-state index contributed by atoms with van der Waals surface area (Å²) in [6.07, 6.45) is 0. The summed E-state index contributed by atoms with van der Waals surface area (Å²) in [4.78, 5) is 0. The first-order valence-electron chi connectivity index (χ1n) is 4.46. The molecule has 0 rings (SSSR count). The van der Waals surface area contributed by atoms with Crippen LogP contribution in [0.25, 0.3) is 0 Å². The summed E-state index contributed by atoms with van der Waals surface area (Å²) in [7, 11) is 0. The van der Waals surface area contributed by atoms with Crippen LogP contribution in [-0.2, 0) is 0 Å². The van der Waals surface area contributed by atoms with Crippen molar-refractivity contribution in [2.75, 3.05) is 37.9 Å². The Kier molecular flexibility index (Phi) is 10.5. The number of thioether (sulfide) groups is 2. The lowest BCUT2D eigenvalue weighted by Crippen LogP contribution is -2.28. The van der Waals surface area contributed by atoms with Crippen LogP contribution in [-0.4, -0.2) is 68.9 Å². The lowest BCUT2D eigenvalue weighted by atomic mass is 10.3. The van der Waals surface area contributed by atoms with Gasteiger partial charge in [0.15, 0.2) is 0 Å². The molecule has 0 spiro atoms. The average Bonchev–Trinajstić information content (AvgIpc) is 2.23. The maximum atomic E-state index is 9.06. The van der Waals surface area contributed by atoms with E-state index in [1.807, 2.05) is 0 Å². The first-order valence-corrected chi connectivity index (χ1v) is 6.56. The molecule has 2 atom stereocenters. The molecule has 4 N–H and O–H groups in total. The first kappa shape index (κ1) is 14.5. The van der Waals surface area contributed by atoms with Gasteiger partial charge in [0.2, 0.25) is 0 Å². The van der Waals surface area contributed by atoms with Crippen molar-refractivity contribution in [2.24, 2.45) is 0 Å². The number of hydrogen-bond acceptors (Lipinski definition) is 6. The fraction of sp³-hybridized carbons (Fsp3) is 1.00. The number of rotatable bonds is 9. The van der Waals surface area contributed by atoms with Gasteiger partial charge in [0.1, 0.15) is 0 Å². The molecule has 0 aliphatic heterocycles. The monoisotopic (exact) mass is 242 g/mol. The second-order valence-electron chi connectivity index (χ2n) is 2.63. The lowest BCUT2D eigenvalue weighted by Gasteiger charge is -2.22. The van der Waals surface area contributed by atoms with E-state index in [1.54, 1.807) is 0 Å². The molecule has 0 amide bonds. The molecule has 0 aromatic rings. The molecule has 14 heavy (non-hydrogen) atoms. The lowest BCUT2D eigenvalue weighted by molar-refractivity contribution is 0.252. The maximum absolute atomic E-state index is 9.06. The summed E-state index contributed by atoms with van der Waals surface area (Å²) >= 11 is 2.88. The van der Waals surface area contributed by atoms with Gasteiger partial charge in [-0.1, -0.05) is 0 Å². The molecule has 0 aliphatic rings. The van der Waals surface area contributed by atoms with Gasteiger partial charge >= 0.3 is 0 Å². The molecule has 0 aromatic heterocycles. The van der Waals surface area contributed by atoms with Crippen LogP contribution in [0, 0.1) is 0 Å². The van der Waals surface area contributed by atoms with Crippen molar-refractivity contribution in [2.45, 2.75) is 10.5 Å². The van der Waals surface area contributed by atoms with Crippen molar-refractivity contribution < 1.29 is 20.4 Å². The minimum atomic E-state index is -0.0799. The highest BCUT2D eigenvalue weighted by atomic mass is 32.2. The Bertz CT molecular complexity index is 112. The third-order valence-electron chi connectivity index (χ3n) is 1.62. The largest absolute Gasteiger partial charge is 0.396 e. The van der Waals surface area contributed by atoms with Gasteiger partial charge in [-0.05, 0) is 0 Å². The number of hydrogen-bond donors (Lipinski definition) is 4. The summed E-state index contributed by atoms with van der Waals surface area (Å²) in [5, 5.41) is 35.2. The van der Waals surface area contributed by atoms with Gasteiger partial charge in [0.25, 0.3) is 0 Å². The standard InChI is InChI=1S/C8H18O4S2/c9-1-3-13-7(5-11)8(6-12)14-4-2-10/h7-12H,1-6H2. The molecule has 0 saturated carbocycles. The summed E-state index contributed by atoms with van der Waals surface area (Å²) in [5.74, 6) is 1.11. The highest BCUT2D eigenvalue weighted by Gasteiger charge is 2.20. The molecule has 2 unspecified atom stereocenters. The molecular formula is C8H18O4S2. The molecule has 0 heterocycles. The quantitative estimate of drug-likeness (QED) is 0.422. The molecule has 4 nitrogen and oxygen atoms in total. The molecule has 0 bridgehead atoms. The molecule has 6 heteroatoms. The van der Waals surface area contributed by atoms with Gasteiger partial charge in [0, 0.05) is 22.0 Å². The Morgan fingerprint density at radius 2 is 1.07 bits per heavy atom. The van der Waals surface area contributed by atoms with Crippen LogP contribution in [0.2, 0.25) is 0 Å². The maximum Gasteiger partial charge on any atom is 0.0561 e. The zero-order valence-corrected chi connectivity index (χ0v) is 9.64. The predicted molar refractivity (Wildman–Crippen MR) is 60.8 cm³/mol. The van der Waals surface area contributed by atoms with Crippen LogP contribution in [0.5, 0.6) is 0 Å². The minimum absolute atomic E-state index is 0.0195. The van der Waals surface area contributed by atoms with E-state index in [-0.39, 0.29) is 36.9 Å². The normalized spacial score (nSPS) is 15.4. The molecular weight excluding hydrogens is 224 g/mol. The molecule has 0 saturated heterocycles. The van der Waals surface area contributed by atoms with Crippen molar-refractivity contribution in [3.8, 4) is 0 Å². The fourth-order valence-corrected chi connectivity index (χ4v) is 3.06. The Morgan fingerprint density at radius 3 is 1.29 bits per heavy atom. The second-order valence-corrected chi connectivity index (χ2v) is 5.33. The van der Waals surface area contributed by atoms with Crippen LogP contribution >= 0.6 is 23.5 Å². The minimum Gasteiger partial charge on any atom is -0.396 e. The smallest absolute Gasteiger partial charge is 0.0561 e. The van der Waals surface area contributed by atoms with E-state index in [2.05, 4.69) is 0 Å². The topological polar surface area (TPSA) is 80.9 Å². The van der Waals surface area contributed by atoms with E-state index in [4.69, 9.17) is 20.4 Å². The van der Waals surface area contributed by atoms with E-state index in [0.717, 1.165) is 0 Å². The molecule has 0 radical (unpaired) electrons. The number of aliphatic hydroxyl groups excluding tert-OH is 4. The summed E-state index contributed by atoms with van der Waals surface area (Å²) in [5.41, 5.74) is 0. The predicted octanol–water partition coefficient (Wildman–Crippen LogP) is -0.841. The fourth-order valence-electron chi connectivity index (χ4n) is 0.963. The Labute approximate surface area is 92.7 Å². The van der Waals surface area contributed by atoms with Gasteiger partial charge in [-0.25, -0.2) is 0 Å². The van der Waals surface area contributed by atoms with Crippen LogP contribution in [0.1, 0.15) is 0 Å². The Balaban J connectivity index is 3.87. The Hall–Kier alpha value is 0.540. The van der Waals surface area contributed by atoms with E-state index in [9.17, 15) is 0 Å². The second kappa shape index (κ2) is 10.1. The highest BCUT2D eigenvalue weighted by Crippen LogP contribution is 2.23. The molecule has 0 fully saturated rings. The van der Waals surface area contributed by atoms with Crippen LogP contribution in [0.15, 0.2) is 0 Å². The molecule has 86 valence electrons.